The van der Waals surface area contributed by atoms with Crippen molar-refractivity contribution in [2.45, 2.75) is 10.9 Å². The highest BCUT2D eigenvalue weighted by Gasteiger charge is 2.32. The van der Waals surface area contributed by atoms with E-state index in [1.165, 1.54) is 6.07 Å². The molecule has 2 aliphatic heterocycles. The van der Waals surface area contributed by atoms with Crippen molar-refractivity contribution < 1.29 is 8.42 Å². The third-order valence-corrected chi connectivity index (χ3v) is 6.11. The van der Waals surface area contributed by atoms with Crippen LogP contribution in [0.4, 0.5) is 0 Å². The molecule has 0 aliphatic carbocycles. The van der Waals surface area contributed by atoms with Crippen molar-refractivity contribution in [2.75, 3.05) is 39.3 Å². The molecule has 1 aromatic rings. The van der Waals surface area contributed by atoms with E-state index in [1.54, 1.807) is 22.5 Å². The van der Waals surface area contributed by atoms with Crippen LogP contribution in [0.1, 0.15) is 0 Å². The summed E-state index contributed by atoms with van der Waals surface area (Å²) in [6.07, 6.45) is 0. The first-order chi connectivity index (χ1) is 9.57. The van der Waals surface area contributed by atoms with E-state index < -0.39 is 10.0 Å². The van der Waals surface area contributed by atoms with Gasteiger partial charge in [0.15, 0.2) is 0 Å². The molecular formula is C13H18ClN3O2S. The smallest absolute Gasteiger partial charge is 0.243 e. The molecule has 0 spiro atoms. The lowest BCUT2D eigenvalue weighted by atomic mass is 10.1. The molecule has 1 aromatic carbocycles. The Morgan fingerprint density at radius 2 is 1.85 bits per heavy atom. The van der Waals surface area contributed by atoms with Gasteiger partial charge in [-0.1, -0.05) is 17.7 Å². The second-order valence-corrected chi connectivity index (χ2v) is 7.58. The van der Waals surface area contributed by atoms with E-state index in [9.17, 15) is 8.42 Å². The minimum Gasteiger partial charge on any atom is -0.314 e. The molecule has 0 atom stereocenters. The molecule has 20 heavy (non-hydrogen) atoms. The summed E-state index contributed by atoms with van der Waals surface area (Å²) in [5.74, 6) is 0. The van der Waals surface area contributed by atoms with E-state index >= 15 is 0 Å². The zero-order valence-electron chi connectivity index (χ0n) is 11.1. The lowest BCUT2D eigenvalue weighted by Crippen LogP contribution is -2.62. The molecule has 0 unspecified atom stereocenters. The van der Waals surface area contributed by atoms with Crippen LogP contribution in [0.25, 0.3) is 0 Å². The van der Waals surface area contributed by atoms with Crippen molar-refractivity contribution in [3.63, 3.8) is 0 Å². The molecule has 2 saturated heterocycles. The number of benzene rings is 1. The fourth-order valence-electron chi connectivity index (χ4n) is 2.62. The predicted octanol–water partition coefficient (Wildman–Crippen LogP) is 0.618. The van der Waals surface area contributed by atoms with Crippen LogP contribution >= 0.6 is 11.6 Å². The zero-order chi connectivity index (χ0) is 14.2. The summed E-state index contributed by atoms with van der Waals surface area (Å²) in [7, 11) is -3.42. The van der Waals surface area contributed by atoms with Crippen molar-refractivity contribution >= 4 is 21.6 Å². The number of sulfonamides is 1. The van der Waals surface area contributed by atoms with Crippen molar-refractivity contribution in [1.82, 2.24) is 14.5 Å². The molecular weight excluding hydrogens is 298 g/mol. The monoisotopic (exact) mass is 315 g/mol. The maximum Gasteiger partial charge on any atom is 0.243 e. The fraction of sp³-hybridized carbons (Fsp3) is 0.538. The van der Waals surface area contributed by atoms with Gasteiger partial charge in [-0.15, -0.1) is 0 Å². The van der Waals surface area contributed by atoms with Crippen molar-refractivity contribution in [2.24, 2.45) is 0 Å². The minimum absolute atomic E-state index is 0.281. The Labute approximate surface area is 124 Å². The topological polar surface area (TPSA) is 52.7 Å². The van der Waals surface area contributed by atoms with E-state index in [0.29, 0.717) is 24.2 Å². The SMILES string of the molecule is O=S(=O)(c1cccc(Cl)c1)N1CCN(C2CNC2)CC1. The standard InChI is InChI=1S/C13H18ClN3O2S/c14-11-2-1-3-13(8-11)20(18,19)17-6-4-16(5-7-17)12-9-15-10-12/h1-3,8,12,15H,4-7,9-10H2. The number of nitrogens with one attached hydrogen (secondary N) is 1. The summed E-state index contributed by atoms with van der Waals surface area (Å²) in [4.78, 5) is 2.64. The molecule has 2 heterocycles. The molecule has 5 nitrogen and oxygen atoms in total. The molecule has 0 radical (unpaired) electrons. The van der Waals surface area contributed by atoms with Crippen LogP contribution in [0.2, 0.25) is 5.02 Å². The first-order valence-corrected chi connectivity index (χ1v) is 8.60. The normalized spacial score (nSPS) is 22.6. The van der Waals surface area contributed by atoms with Crippen molar-refractivity contribution in [3.05, 3.63) is 29.3 Å². The third-order valence-electron chi connectivity index (χ3n) is 3.98. The fourth-order valence-corrected chi connectivity index (χ4v) is 4.34. The van der Waals surface area contributed by atoms with Crippen LogP contribution in [0.3, 0.4) is 0 Å². The van der Waals surface area contributed by atoms with E-state index in [2.05, 4.69) is 10.2 Å². The molecule has 0 bridgehead atoms. The minimum atomic E-state index is -3.42. The molecule has 1 N–H and O–H groups in total. The number of nitrogens with zero attached hydrogens (tertiary/aromatic N) is 2. The van der Waals surface area contributed by atoms with Crippen molar-refractivity contribution in [3.8, 4) is 0 Å². The molecule has 3 rings (SSSR count). The van der Waals surface area contributed by atoms with E-state index in [0.717, 1.165) is 26.2 Å². The Hall–Kier alpha value is -0.660. The van der Waals surface area contributed by atoms with Crippen LogP contribution in [0, 0.1) is 0 Å². The Bertz CT molecular complexity index is 581. The molecule has 0 aromatic heterocycles. The number of hydrogen-bond acceptors (Lipinski definition) is 4. The van der Waals surface area contributed by atoms with Gasteiger partial charge in [0.25, 0.3) is 0 Å². The summed E-state index contributed by atoms with van der Waals surface area (Å²) in [6, 6.07) is 7.04. The Morgan fingerprint density at radius 3 is 2.40 bits per heavy atom. The van der Waals surface area contributed by atoms with Gasteiger partial charge in [0.05, 0.1) is 4.90 Å². The van der Waals surface area contributed by atoms with Gasteiger partial charge in [-0.05, 0) is 18.2 Å². The summed E-state index contributed by atoms with van der Waals surface area (Å²) in [5, 5.41) is 3.69. The Kier molecular flexibility index (Phi) is 4.01. The van der Waals surface area contributed by atoms with Gasteiger partial charge < -0.3 is 5.32 Å². The van der Waals surface area contributed by atoms with Gasteiger partial charge in [-0.3, -0.25) is 4.90 Å². The predicted molar refractivity (Wildman–Crippen MR) is 78.4 cm³/mol. The van der Waals surface area contributed by atoms with Crippen LogP contribution in [0.15, 0.2) is 29.2 Å². The van der Waals surface area contributed by atoms with E-state index in [1.807, 2.05) is 0 Å². The third kappa shape index (κ3) is 2.71. The first kappa shape index (κ1) is 14.3. The maximum absolute atomic E-state index is 12.5. The lowest BCUT2D eigenvalue weighted by molar-refractivity contribution is 0.103. The van der Waals surface area contributed by atoms with E-state index in [4.69, 9.17) is 11.6 Å². The van der Waals surface area contributed by atoms with Gasteiger partial charge in [0.2, 0.25) is 10.0 Å². The molecule has 7 heteroatoms. The van der Waals surface area contributed by atoms with Crippen molar-refractivity contribution in [1.29, 1.82) is 0 Å². The highest BCUT2D eigenvalue weighted by Crippen LogP contribution is 2.21. The summed E-state index contributed by atoms with van der Waals surface area (Å²) >= 11 is 5.88. The second-order valence-electron chi connectivity index (χ2n) is 5.21. The van der Waals surface area contributed by atoms with Gasteiger partial charge in [-0.25, -0.2) is 8.42 Å². The molecule has 2 fully saturated rings. The molecule has 0 amide bonds. The molecule has 2 aliphatic rings. The van der Waals surface area contributed by atoms with Gasteiger partial charge >= 0.3 is 0 Å². The van der Waals surface area contributed by atoms with Crippen LogP contribution < -0.4 is 5.32 Å². The number of halogens is 1. The summed E-state index contributed by atoms with van der Waals surface area (Å²) in [5.41, 5.74) is 0. The Morgan fingerprint density at radius 1 is 1.15 bits per heavy atom. The average Bonchev–Trinajstić information content (AvgIpc) is 2.37. The number of piperazine rings is 1. The van der Waals surface area contributed by atoms with Gasteiger partial charge in [-0.2, -0.15) is 4.31 Å². The number of rotatable bonds is 3. The first-order valence-electron chi connectivity index (χ1n) is 6.78. The highest BCUT2D eigenvalue weighted by atomic mass is 35.5. The quantitative estimate of drug-likeness (QED) is 0.888. The largest absolute Gasteiger partial charge is 0.314 e. The lowest BCUT2D eigenvalue weighted by Gasteiger charge is -2.42. The zero-order valence-corrected chi connectivity index (χ0v) is 12.7. The molecule has 110 valence electrons. The van der Waals surface area contributed by atoms with Crippen LogP contribution in [-0.4, -0.2) is 62.9 Å². The van der Waals surface area contributed by atoms with Gasteiger partial charge in [0, 0.05) is 50.3 Å². The molecule has 0 saturated carbocycles. The van der Waals surface area contributed by atoms with E-state index in [-0.39, 0.29) is 4.90 Å². The average molecular weight is 316 g/mol. The summed E-state index contributed by atoms with van der Waals surface area (Å²) in [6.45, 7) is 4.72. The Balaban J connectivity index is 1.70. The maximum atomic E-state index is 12.5. The van der Waals surface area contributed by atoms with Crippen LogP contribution in [-0.2, 0) is 10.0 Å². The van der Waals surface area contributed by atoms with Crippen LogP contribution in [0.5, 0.6) is 0 Å². The second kappa shape index (κ2) is 5.61. The highest BCUT2D eigenvalue weighted by molar-refractivity contribution is 7.89. The number of hydrogen-bond donors (Lipinski definition) is 1. The summed E-state index contributed by atoms with van der Waals surface area (Å²) < 4.78 is 26.6. The van der Waals surface area contributed by atoms with Gasteiger partial charge in [0.1, 0.15) is 0 Å².